The molecule has 15 heavy (non-hydrogen) atoms. The largest absolute Gasteiger partial charge is 0.504 e. The second kappa shape index (κ2) is 4.65. The molecule has 5 N–H and O–H groups in total. The Morgan fingerprint density at radius 2 is 2.00 bits per heavy atom. The van der Waals surface area contributed by atoms with Crippen LogP contribution in [0.3, 0.4) is 0 Å². The first-order chi connectivity index (χ1) is 7.04. The molecule has 5 nitrogen and oxygen atoms in total. The molecule has 1 rings (SSSR count). The van der Waals surface area contributed by atoms with E-state index in [1.54, 1.807) is 6.07 Å². The summed E-state index contributed by atoms with van der Waals surface area (Å²) in [5, 5.41) is 27.0. The molecule has 0 aromatic heterocycles. The predicted molar refractivity (Wildman–Crippen MR) is 53.7 cm³/mol. The van der Waals surface area contributed by atoms with Crippen molar-refractivity contribution < 1.29 is 20.1 Å². The summed E-state index contributed by atoms with van der Waals surface area (Å²) in [6, 6.07) is 4.21. The van der Waals surface area contributed by atoms with E-state index < -0.39 is 11.9 Å². The lowest BCUT2D eigenvalue weighted by Crippen LogP contribution is -2.25. The number of hydrogen-bond donors (Lipinski definition) is 4. The van der Waals surface area contributed by atoms with Gasteiger partial charge in [0.15, 0.2) is 11.5 Å². The molecule has 0 aliphatic rings. The van der Waals surface area contributed by atoms with E-state index in [-0.39, 0.29) is 24.5 Å². The van der Waals surface area contributed by atoms with Crippen LogP contribution in [0.25, 0.3) is 0 Å². The quantitative estimate of drug-likeness (QED) is 0.536. The molecule has 0 unspecified atom stereocenters. The molecule has 5 heteroatoms. The van der Waals surface area contributed by atoms with Crippen LogP contribution < -0.4 is 5.73 Å². The van der Waals surface area contributed by atoms with Crippen LogP contribution in [0.4, 0.5) is 0 Å². The molecule has 0 fully saturated rings. The highest BCUT2D eigenvalue weighted by molar-refractivity contribution is 5.70. The number of aliphatic carboxylic acids is 1. The van der Waals surface area contributed by atoms with Crippen molar-refractivity contribution in [3.8, 4) is 11.5 Å². The van der Waals surface area contributed by atoms with Crippen molar-refractivity contribution in [3.05, 3.63) is 23.8 Å². The zero-order valence-corrected chi connectivity index (χ0v) is 8.05. The lowest BCUT2D eigenvalue weighted by Gasteiger charge is -2.09. The van der Waals surface area contributed by atoms with Crippen molar-refractivity contribution in [1.29, 1.82) is 0 Å². The highest BCUT2D eigenvalue weighted by atomic mass is 16.4. The van der Waals surface area contributed by atoms with Gasteiger partial charge in [-0.25, -0.2) is 0 Å². The number of phenols is 2. The summed E-state index contributed by atoms with van der Waals surface area (Å²) in [6.45, 7) is 0.0387. The number of rotatable bonds is 4. The van der Waals surface area contributed by atoms with E-state index in [1.807, 2.05) is 0 Å². The molecule has 1 aromatic rings. The van der Waals surface area contributed by atoms with Gasteiger partial charge >= 0.3 is 5.97 Å². The Kier molecular flexibility index (Phi) is 3.51. The topological polar surface area (TPSA) is 104 Å². The number of carbonyl (C=O) groups is 1. The summed E-state index contributed by atoms with van der Waals surface area (Å²) in [4.78, 5) is 10.7. The fourth-order valence-electron chi connectivity index (χ4n) is 1.25. The summed E-state index contributed by atoms with van der Waals surface area (Å²) in [5.41, 5.74) is 5.92. The molecule has 0 saturated heterocycles. The summed E-state index contributed by atoms with van der Waals surface area (Å²) >= 11 is 0. The second-order valence-corrected chi connectivity index (χ2v) is 3.30. The van der Waals surface area contributed by atoms with Crippen molar-refractivity contribution >= 4 is 5.97 Å². The standard InChI is InChI=1S/C10H13NO4/c11-5-7(10(14)15)3-6-1-2-8(12)9(13)4-6/h1-2,4,7,12-13H,3,5,11H2,(H,14,15)/t7-/m1/s1. The van der Waals surface area contributed by atoms with Gasteiger partial charge < -0.3 is 21.1 Å². The van der Waals surface area contributed by atoms with Gasteiger partial charge in [0.05, 0.1) is 5.92 Å². The van der Waals surface area contributed by atoms with E-state index in [0.717, 1.165) is 0 Å². The molecule has 0 bridgehead atoms. The number of phenolic OH excluding ortho intramolecular Hbond substituents is 2. The number of carboxylic acids is 1. The van der Waals surface area contributed by atoms with Crippen LogP contribution in [0.5, 0.6) is 11.5 Å². The van der Waals surface area contributed by atoms with Crippen molar-refractivity contribution in [2.45, 2.75) is 6.42 Å². The number of benzene rings is 1. The highest BCUT2D eigenvalue weighted by Gasteiger charge is 2.16. The Morgan fingerprint density at radius 3 is 2.47 bits per heavy atom. The molecule has 0 heterocycles. The molecule has 1 atom stereocenters. The van der Waals surface area contributed by atoms with Gasteiger partial charge in [0, 0.05) is 6.54 Å². The fraction of sp³-hybridized carbons (Fsp3) is 0.300. The Balaban J connectivity index is 2.80. The predicted octanol–water partition coefficient (Wildman–Crippen LogP) is 0.300. The van der Waals surface area contributed by atoms with Crippen LogP contribution in [-0.4, -0.2) is 27.8 Å². The molecule has 0 radical (unpaired) electrons. The Bertz CT molecular complexity index is 364. The Hall–Kier alpha value is -1.75. The summed E-state index contributed by atoms with van der Waals surface area (Å²) in [5.74, 6) is -2.12. The number of hydrogen-bond acceptors (Lipinski definition) is 4. The van der Waals surface area contributed by atoms with E-state index in [4.69, 9.17) is 15.9 Å². The summed E-state index contributed by atoms with van der Waals surface area (Å²) < 4.78 is 0. The van der Waals surface area contributed by atoms with Crippen LogP contribution in [0, 0.1) is 5.92 Å². The zero-order valence-electron chi connectivity index (χ0n) is 8.05. The van der Waals surface area contributed by atoms with Gasteiger partial charge in [-0.05, 0) is 24.1 Å². The first kappa shape index (κ1) is 11.3. The SMILES string of the molecule is NC[C@@H](Cc1ccc(O)c(O)c1)C(=O)O. The first-order valence-electron chi connectivity index (χ1n) is 4.48. The smallest absolute Gasteiger partial charge is 0.308 e. The maximum Gasteiger partial charge on any atom is 0.308 e. The van der Waals surface area contributed by atoms with Gasteiger partial charge in [-0.1, -0.05) is 6.07 Å². The van der Waals surface area contributed by atoms with Crippen molar-refractivity contribution in [2.75, 3.05) is 6.54 Å². The molecule has 0 aliphatic carbocycles. The Morgan fingerprint density at radius 1 is 1.33 bits per heavy atom. The molecule has 0 aliphatic heterocycles. The van der Waals surface area contributed by atoms with Crippen LogP contribution in [-0.2, 0) is 11.2 Å². The second-order valence-electron chi connectivity index (χ2n) is 3.30. The third-order valence-corrected chi connectivity index (χ3v) is 2.16. The highest BCUT2D eigenvalue weighted by Crippen LogP contribution is 2.25. The maximum atomic E-state index is 10.7. The lowest BCUT2D eigenvalue weighted by molar-refractivity contribution is -0.141. The first-order valence-corrected chi connectivity index (χ1v) is 4.48. The van der Waals surface area contributed by atoms with E-state index in [9.17, 15) is 9.90 Å². The minimum Gasteiger partial charge on any atom is -0.504 e. The van der Waals surface area contributed by atoms with Gasteiger partial charge in [0.1, 0.15) is 0 Å². The molecule has 0 spiro atoms. The number of nitrogens with two attached hydrogens (primary N) is 1. The number of aromatic hydroxyl groups is 2. The van der Waals surface area contributed by atoms with Gasteiger partial charge in [-0.3, -0.25) is 4.79 Å². The number of carboxylic acid groups (broad SMARTS) is 1. The van der Waals surface area contributed by atoms with Gasteiger partial charge in [-0.15, -0.1) is 0 Å². The van der Waals surface area contributed by atoms with Crippen molar-refractivity contribution in [2.24, 2.45) is 11.7 Å². The van der Waals surface area contributed by atoms with Gasteiger partial charge in [0.2, 0.25) is 0 Å². The van der Waals surface area contributed by atoms with Crippen LogP contribution in [0.15, 0.2) is 18.2 Å². The third kappa shape index (κ3) is 2.85. The van der Waals surface area contributed by atoms with E-state index in [2.05, 4.69) is 0 Å². The monoisotopic (exact) mass is 211 g/mol. The molecule has 0 saturated carbocycles. The Labute approximate surface area is 86.8 Å². The zero-order chi connectivity index (χ0) is 11.4. The van der Waals surface area contributed by atoms with Crippen molar-refractivity contribution in [3.63, 3.8) is 0 Å². The normalized spacial score (nSPS) is 12.3. The molecule has 0 amide bonds. The average Bonchev–Trinajstić information content (AvgIpc) is 2.19. The fourth-order valence-corrected chi connectivity index (χ4v) is 1.25. The average molecular weight is 211 g/mol. The maximum absolute atomic E-state index is 10.7. The minimum atomic E-state index is -0.968. The minimum absolute atomic E-state index is 0.0387. The third-order valence-electron chi connectivity index (χ3n) is 2.16. The van der Waals surface area contributed by atoms with E-state index in [0.29, 0.717) is 5.56 Å². The van der Waals surface area contributed by atoms with E-state index in [1.165, 1.54) is 12.1 Å². The molecule has 82 valence electrons. The molecular formula is C10H13NO4. The van der Waals surface area contributed by atoms with Gasteiger partial charge in [0.25, 0.3) is 0 Å². The van der Waals surface area contributed by atoms with Gasteiger partial charge in [-0.2, -0.15) is 0 Å². The molecule has 1 aromatic carbocycles. The van der Waals surface area contributed by atoms with Crippen LogP contribution in [0.1, 0.15) is 5.56 Å². The van der Waals surface area contributed by atoms with E-state index >= 15 is 0 Å². The van der Waals surface area contributed by atoms with Crippen molar-refractivity contribution in [1.82, 2.24) is 0 Å². The summed E-state index contributed by atoms with van der Waals surface area (Å²) in [7, 11) is 0. The summed E-state index contributed by atoms with van der Waals surface area (Å²) in [6.07, 6.45) is 0.236. The molecular weight excluding hydrogens is 198 g/mol. The van der Waals surface area contributed by atoms with Crippen LogP contribution in [0.2, 0.25) is 0 Å². The lowest BCUT2D eigenvalue weighted by atomic mass is 9.99. The van der Waals surface area contributed by atoms with Crippen LogP contribution >= 0.6 is 0 Å².